The highest BCUT2D eigenvalue weighted by molar-refractivity contribution is 6.20. The molecule has 0 saturated heterocycles. The minimum Gasteiger partial charge on any atom is -0.344 e. The van der Waals surface area contributed by atoms with Gasteiger partial charge in [-0.25, -0.2) is 0 Å². The van der Waals surface area contributed by atoms with Gasteiger partial charge in [0.15, 0.2) is 0 Å². The van der Waals surface area contributed by atoms with Crippen LogP contribution >= 0.6 is 11.6 Å². The molecule has 88 valence electrons. The topological polar surface area (TPSA) is 20.3 Å². The lowest BCUT2D eigenvalue weighted by Crippen LogP contribution is -2.39. The van der Waals surface area contributed by atoms with Crippen molar-refractivity contribution in [2.24, 2.45) is 11.3 Å². The van der Waals surface area contributed by atoms with Crippen molar-refractivity contribution in [1.29, 1.82) is 0 Å². The summed E-state index contributed by atoms with van der Waals surface area (Å²) in [5, 5.41) is 0.0310. The minimum atomic E-state index is 0.0310. The van der Waals surface area contributed by atoms with Gasteiger partial charge in [0, 0.05) is 24.9 Å². The van der Waals surface area contributed by atoms with Crippen molar-refractivity contribution < 1.29 is 4.79 Å². The molecule has 0 N–H and O–H groups in total. The van der Waals surface area contributed by atoms with Crippen molar-refractivity contribution >= 4 is 17.5 Å². The molecule has 0 aliphatic heterocycles. The average molecular weight is 232 g/mol. The van der Waals surface area contributed by atoms with Crippen LogP contribution in [0.4, 0.5) is 0 Å². The number of rotatable bonds is 3. The van der Waals surface area contributed by atoms with Gasteiger partial charge in [0.1, 0.15) is 0 Å². The number of amides is 1. The van der Waals surface area contributed by atoms with Crippen LogP contribution in [0.5, 0.6) is 0 Å². The summed E-state index contributed by atoms with van der Waals surface area (Å²) >= 11 is 5.90. The number of carbonyl (C=O) groups excluding carboxylic acids is 1. The summed E-state index contributed by atoms with van der Waals surface area (Å²) in [6.07, 6.45) is 3.37. The van der Waals surface area contributed by atoms with Crippen LogP contribution in [-0.2, 0) is 4.79 Å². The zero-order valence-electron chi connectivity index (χ0n) is 10.2. The number of alkyl halides is 1. The van der Waals surface area contributed by atoms with Gasteiger partial charge in [0.05, 0.1) is 0 Å². The van der Waals surface area contributed by atoms with Gasteiger partial charge in [-0.3, -0.25) is 4.79 Å². The molecule has 0 spiro atoms. The Morgan fingerprint density at radius 1 is 1.60 bits per heavy atom. The van der Waals surface area contributed by atoms with E-state index in [1.165, 1.54) is 6.42 Å². The molecule has 0 radical (unpaired) electrons. The van der Waals surface area contributed by atoms with Gasteiger partial charge < -0.3 is 4.90 Å². The normalized spacial score (nSPS) is 26.3. The lowest BCUT2D eigenvalue weighted by Gasteiger charge is -2.30. The van der Waals surface area contributed by atoms with E-state index in [-0.39, 0.29) is 22.6 Å². The van der Waals surface area contributed by atoms with Crippen molar-refractivity contribution in [2.75, 3.05) is 13.6 Å². The molecule has 0 heterocycles. The lowest BCUT2D eigenvalue weighted by molar-refractivity contribution is -0.136. The smallest absolute Gasteiger partial charge is 0.226 e. The Morgan fingerprint density at radius 2 is 2.20 bits per heavy atom. The van der Waals surface area contributed by atoms with Crippen LogP contribution < -0.4 is 0 Å². The molecule has 2 nitrogen and oxygen atoms in total. The van der Waals surface area contributed by atoms with Gasteiger partial charge >= 0.3 is 0 Å². The molecular weight excluding hydrogens is 210 g/mol. The molecule has 1 aliphatic rings. The zero-order valence-corrected chi connectivity index (χ0v) is 11.0. The summed E-state index contributed by atoms with van der Waals surface area (Å²) in [5.41, 5.74) is 0.168. The van der Waals surface area contributed by atoms with Crippen LogP contribution in [-0.4, -0.2) is 29.8 Å². The molecule has 1 amide bonds. The number of hydrogen-bond donors (Lipinski definition) is 0. The van der Waals surface area contributed by atoms with E-state index < -0.39 is 0 Å². The first kappa shape index (κ1) is 12.8. The van der Waals surface area contributed by atoms with Gasteiger partial charge in [-0.2, -0.15) is 0 Å². The van der Waals surface area contributed by atoms with Gasteiger partial charge in [0.2, 0.25) is 5.91 Å². The van der Waals surface area contributed by atoms with Crippen LogP contribution in [0.25, 0.3) is 0 Å². The fourth-order valence-corrected chi connectivity index (χ4v) is 2.72. The molecule has 0 aromatic heterocycles. The summed E-state index contributed by atoms with van der Waals surface area (Å²) in [5.74, 6) is 0.461. The Morgan fingerprint density at radius 3 is 2.60 bits per heavy atom. The summed E-state index contributed by atoms with van der Waals surface area (Å²) in [6, 6.07) is 0. The molecule has 2 unspecified atom stereocenters. The van der Waals surface area contributed by atoms with E-state index in [4.69, 9.17) is 11.6 Å². The van der Waals surface area contributed by atoms with E-state index in [9.17, 15) is 4.79 Å². The Hall–Kier alpha value is -0.240. The third-order valence-corrected chi connectivity index (χ3v) is 3.60. The standard InChI is InChI=1S/C12H22ClNO/c1-9(13)8-14(4)11(15)10-6-5-7-12(10,2)3/h9-10H,5-8H2,1-4H3. The molecule has 3 heteroatoms. The second kappa shape index (κ2) is 4.73. The van der Waals surface area contributed by atoms with E-state index >= 15 is 0 Å². The summed E-state index contributed by atoms with van der Waals surface area (Å²) < 4.78 is 0. The maximum absolute atomic E-state index is 12.2. The summed E-state index contributed by atoms with van der Waals surface area (Å²) in [7, 11) is 1.86. The minimum absolute atomic E-state index is 0.0310. The third kappa shape index (κ3) is 3.10. The molecular formula is C12H22ClNO. The molecule has 1 saturated carbocycles. The highest BCUT2D eigenvalue weighted by Crippen LogP contribution is 2.43. The van der Waals surface area contributed by atoms with Crippen molar-refractivity contribution in [3.63, 3.8) is 0 Å². The molecule has 0 bridgehead atoms. The Bertz CT molecular complexity index is 238. The van der Waals surface area contributed by atoms with Crippen LogP contribution in [0, 0.1) is 11.3 Å². The number of carbonyl (C=O) groups is 1. The van der Waals surface area contributed by atoms with E-state index in [0.29, 0.717) is 6.54 Å². The van der Waals surface area contributed by atoms with E-state index in [1.807, 2.05) is 14.0 Å². The van der Waals surface area contributed by atoms with E-state index in [2.05, 4.69) is 13.8 Å². The summed E-state index contributed by atoms with van der Waals surface area (Å²) in [6.45, 7) is 6.96. The maximum Gasteiger partial charge on any atom is 0.226 e. The predicted molar refractivity (Wildman–Crippen MR) is 64.1 cm³/mol. The largest absolute Gasteiger partial charge is 0.344 e. The monoisotopic (exact) mass is 231 g/mol. The van der Waals surface area contributed by atoms with Gasteiger partial charge in [-0.1, -0.05) is 20.3 Å². The highest BCUT2D eigenvalue weighted by Gasteiger charge is 2.40. The van der Waals surface area contributed by atoms with Gasteiger partial charge in [-0.15, -0.1) is 11.6 Å². The molecule has 2 atom stereocenters. The van der Waals surface area contributed by atoms with Crippen molar-refractivity contribution in [1.82, 2.24) is 4.90 Å². The zero-order chi connectivity index (χ0) is 11.6. The number of halogens is 1. The van der Waals surface area contributed by atoms with Crippen molar-refractivity contribution in [3.8, 4) is 0 Å². The predicted octanol–water partition coefficient (Wildman–Crippen LogP) is 2.90. The first-order valence-electron chi connectivity index (χ1n) is 5.73. The van der Waals surface area contributed by atoms with E-state index in [1.54, 1.807) is 4.90 Å². The second-order valence-electron chi connectivity index (χ2n) is 5.43. The fraction of sp³-hybridized carbons (Fsp3) is 0.917. The lowest BCUT2D eigenvalue weighted by atomic mass is 9.81. The molecule has 0 aromatic rings. The molecule has 1 fully saturated rings. The second-order valence-corrected chi connectivity index (χ2v) is 6.18. The van der Waals surface area contributed by atoms with Crippen molar-refractivity contribution in [2.45, 2.75) is 45.4 Å². The Balaban J connectivity index is 2.60. The van der Waals surface area contributed by atoms with Crippen molar-refractivity contribution in [3.05, 3.63) is 0 Å². The average Bonchev–Trinajstić information content (AvgIpc) is 2.42. The number of hydrogen-bond acceptors (Lipinski definition) is 1. The SMILES string of the molecule is CC(Cl)CN(C)C(=O)C1CCCC1(C)C. The van der Waals surface area contributed by atoms with Gasteiger partial charge in [0.25, 0.3) is 0 Å². The summed E-state index contributed by atoms with van der Waals surface area (Å²) in [4.78, 5) is 14.0. The van der Waals surface area contributed by atoms with Crippen LogP contribution in [0.2, 0.25) is 0 Å². The first-order chi connectivity index (χ1) is 6.84. The van der Waals surface area contributed by atoms with Gasteiger partial charge in [-0.05, 0) is 25.2 Å². The molecule has 15 heavy (non-hydrogen) atoms. The first-order valence-corrected chi connectivity index (χ1v) is 6.17. The van der Waals surface area contributed by atoms with E-state index in [0.717, 1.165) is 12.8 Å². The Labute approximate surface area is 98.0 Å². The molecule has 1 rings (SSSR count). The third-order valence-electron chi connectivity index (χ3n) is 3.46. The maximum atomic E-state index is 12.2. The van der Waals surface area contributed by atoms with Crippen LogP contribution in [0.1, 0.15) is 40.0 Å². The quantitative estimate of drug-likeness (QED) is 0.684. The Kier molecular flexibility index (Phi) is 4.05. The molecule has 0 aromatic carbocycles. The molecule has 1 aliphatic carbocycles. The van der Waals surface area contributed by atoms with Crippen LogP contribution in [0.15, 0.2) is 0 Å². The fourth-order valence-electron chi connectivity index (χ4n) is 2.52. The van der Waals surface area contributed by atoms with Crippen LogP contribution in [0.3, 0.4) is 0 Å². The highest BCUT2D eigenvalue weighted by atomic mass is 35.5. The number of nitrogens with zero attached hydrogens (tertiary/aromatic N) is 1.